The molecule has 4 heteroatoms. The van der Waals surface area contributed by atoms with Gasteiger partial charge in [-0.3, -0.25) is 0 Å². The highest BCUT2D eigenvalue weighted by molar-refractivity contribution is 6.39. The second-order valence-electron chi connectivity index (χ2n) is 4.11. The molecule has 0 radical (unpaired) electrons. The summed E-state index contributed by atoms with van der Waals surface area (Å²) in [6.07, 6.45) is 4.87. The summed E-state index contributed by atoms with van der Waals surface area (Å²) < 4.78 is 4.94. The van der Waals surface area contributed by atoms with Crippen LogP contribution in [0.2, 0.25) is 0 Å². The van der Waals surface area contributed by atoms with Gasteiger partial charge in [0.2, 0.25) is 0 Å². The first-order valence-corrected chi connectivity index (χ1v) is 5.89. The second kappa shape index (κ2) is 7.80. The molecule has 0 fully saturated rings. The summed E-state index contributed by atoms with van der Waals surface area (Å²) in [4.78, 5) is 14.5. The largest absolute Gasteiger partial charge is 0.453 e. The third kappa shape index (κ3) is 5.61. The Morgan fingerprint density at radius 1 is 1.32 bits per heavy atom. The van der Waals surface area contributed by atoms with Gasteiger partial charge < -0.3 is 10.3 Å². The second-order valence-corrected chi connectivity index (χ2v) is 4.11. The van der Waals surface area contributed by atoms with Gasteiger partial charge >= 0.3 is 11.7 Å². The van der Waals surface area contributed by atoms with Gasteiger partial charge in [0.15, 0.2) is 0 Å². The molecule has 0 saturated heterocycles. The molecule has 1 aromatic rings. The van der Waals surface area contributed by atoms with E-state index in [9.17, 15) is 4.79 Å². The predicted molar refractivity (Wildman–Crippen MR) is 74.5 cm³/mol. The smallest absolute Gasteiger partial charge is 0.421 e. The van der Waals surface area contributed by atoms with E-state index in [0.717, 1.165) is 11.1 Å². The summed E-state index contributed by atoms with van der Waals surface area (Å²) in [5.41, 5.74) is 10.6. The number of rotatable bonds is 5. The molecule has 0 saturated carbocycles. The highest BCUT2D eigenvalue weighted by Crippen LogP contribution is 2.01. The maximum Gasteiger partial charge on any atom is 0.421 e. The van der Waals surface area contributed by atoms with Crippen molar-refractivity contribution in [2.24, 2.45) is 0 Å². The van der Waals surface area contributed by atoms with Crippen LogP contribution in [-0.2, 0) is 9.53 Å². The molecular weight excluding hydrogens is 240 g/mol. The van der Waals surface area contributed by atoms with E-state index in [2.05, 4.69) is 4.79 Å². The minimum absolute atomic E-state index is 0.133. The Balaban J connectivity index is 2.64. The monoisotopic (exact) mass is 256 g/mol. The molecule has 0 aliphatic heterocycles. The normalized spacial score (nSPS) is 9.79. The van der Waals surface area contributed by atoms with E-state index < -0.39 is 5.97 Å². The first kappa shape index (κ1) is 14.6. The van der Waals surface area contributed by atoms with Crippen molar-refractivity contribution in [3.63, 3.8) is 0 Å². The maximum absolute atomic E-state index is 11.6. The maximum atomic E-state index is 11.6. The summed E-state index contributed by atoms with van der Waals surface area (Å²) in [6.45, 7) is 3.98. The zero-order valence-corrected chi connectivity index (χ0v) is 11.0. The molecular formula is C15H16N2O2. The molecule has 0 atom stereocenters. The summed E-state index contributed by atoms with van der Waals surface area (Å²) in [5, 5.41) is 0. The average molecular weight is 256 g/mol. The van der Waals surface area contributed by atoms with Crippen molar-refractivity contribution in [2.45, 2.75) is 13.8 Å². The van der Waals surface area contributed by atoms with E-state index in [1.165, 1.54) is 6.08 Å². The molecule has 0 aliphatic carbocycles. The summed E-state index contributed by atoms with van der Waals surface area (Å²) in [5.74, 6) is -0.660. The molecule has 98 valence electrons. The van der Waals surface area contributed by atoms with Crippen LogP contribution in [0.25, 0.3) is 11.6 Å². The quantitative estimate of drug-likeness (QED) is 0.267. The molecule has 0 spiro atoms. The number of carbonyl (C=O) groups excluding carboxylic acids is 1. The van der Waals surface area contributed by atoms with Gasteiger partial charge in [-0.25, -0.2) is 4.79 Å². The van der Waals surface area contributed by atoms with E-state index in [-0.39, 0.29) is 12.3 Å². The van der Waals surface area contributed by atoms with E-state index >= 15 is 0 Å². The number of ether oxygens (including phenoxy) is 1. The number of allylic oxidation sites excluding steroid dienone is 1. The van der Waals surface area contributed by atoms with Crippen molar-refractivity contribution in [3.8, 4) is 0 Å². The van der Waals surface area contributed by atoms with Gasteiger partial charge in [-0.05, 0) is 31.6 Å². The molecule has 0 aromatic heterocycles. The van der Waals surface area contributed by atoms with E-state index in [0.29, 0.717) is 0 Å². The number of benzene rings is 1. The van der Waals surface area contributed by atoms with Crippen LogP contribution in [0.4, 0.5) is 0 Å². The number of hydrogen-bond donors (Lipinski definition) is 0. The fraction of sp³-hybridized carbons (Fsp3) is 0.200. The summed E-state index contributed by atoms with van der Waals surface area (Å²) >= 11 is 0. The lowest BCUT2D eigenvalue weighted by Gasteiger charge is -1.96. The zero-order valence-electron chi connectivity index (χ0n) is 11.0. The van der Waals surface area contributed by atoms with Gasteiger partial charge in [0.1, 0.15) is 6.61 Å². The predicted octanol–water partition coefficient (Wildman–Crippen LogP) is 2.88. The highest BCUT2D eigenvalue weighted by atomic mass is 16.5. The van der Waals surface area contributed by atoms with E-state index in [1.54, 1.807) is 12.2 Å². The topological polar surface area (TPSA) is 62.7 Å². The summed E-state index contributed by atoms with van der Waals surface area (Å²) in [7, 11) is 0. The molecule has 19 heavy (non-hydrogen) atoms. The molecule has 1 rings (SSSR count). The van der Waals surface area contributed by atoms with Gasteiger partial charge in [0, 0.05) is 6.08 Å². The lowest BCUT2D eigenvalue weighted by Crippen LogP contribution is -2.16. The van der Waals surface area contributed by atoms with Crippen LogP contribution < -0.4 is 0 Å². The van der Waals surface area contributed by atoms with Gasteiger partial charge in [-0.15, -0.1) is 0 Å². The Kier molecular flexibility index (Phi) is 5.99. The van der Waals surface area contributed by atoms with Crippen molar-refractivity contribution >= 4 is 17.8 Å². The molecule has 0 bridgehead atoms. The van der Waals surface area contributed by atoms with Crippen molar-refractivity contribution < 1.29 is 14.3 Å². The van der Waals surface area contributed by atoms with Crippen LogP contribution in [0.15, 0.2) is 48.1 Å². The number of nitrogens with zero attached hydrogens (tertiary/aromatic N) is 2. The lowest BCUT2D eigenvalue weighted by molar-refractivity contribution is -0.138. The SMILES string of the molecule is CC(C)=CCOC(=O)C(/C=C/c1ccccc1)=[N+]=[N-]. The van der Waals surface area contributed by atoms with Crippen molar-refractivity contribution in [1.29, 1.82) is 0 Å². The molecule has 0 aliphatic rings. The van der Waals surface area contributed by atoms with Crippen LogP contribution in [0, 0.1) is 0 Å². The number of hydrogen-bond acceptors (Lipinski definition) is 2. The minimum Gasteiger partial charge on any atom is -0.453 e. The Morgan fingerprint density at radius 2 is 2.00 bits per heavy atom. The van der Waals surface area contributed by atoms with Crippen molar-refractivity contribution in [3.05, 3.63) is 59.2 Å². The van der Waals surface area contributed by atoms with Crippen molar-refractivity contribution in [1.82, 2.24) is 0 Å². The van der Waals surface area contributed by atoms with Gasteiger partial charge in [0.05, 0.1) is 0 Å². The molecule has 4 nitrogen and oxygen atoms in total. The Labute approximate surface area is 112 Å². The number of esters is 1. The molecule has 0 unspecified atom stereocenters. The third-order valence-corrected chi connectivity index (χ3v) is 2.26. The highest BCUT2D eigenvalue weighted by Gasteiger charge is 2.17. The third-order valence-electron chi connectivity index (χ3n) is 2.26. The molecule has 1 aromatic carbocycles. The fourth-order valence-electron chi connectivity index (χ4n) is 1.24. The van der Waals surface area contributed by atoms with E-state index in [4.69, 9.17) is 10.3 Å². The fourth-order valence-corrected chi connectivity index (χ4v) is 1.24. The van der Waals surface area contributed by atoms with Gasteiger partial charge in [-0.1, -0.05) is 35.9 Å². The van der Waals surface area contributed by atoms with Gasteiger partial charge in [0.25, 0.3) is 0 Å². The minimum atomic E-state index is -0.660. The molecule has 0 heterocycles. The molecule has 0 N–H and O–H groups in total. The first-order valence-electron chi connectivity index (χ1n) is 5.89. The van der Waals surface area contributed by atoms with Crippen LogP contribution >= 0.6 is 0 Å². The zero-order chi connectivity index (χ0) is 14.1. The van der Waals surface area contributed by atoms with Crippen LogP contribution in [0.1, 0.15) is 19.4 Å². The first-order chi connectivity index (χ1) is 9.13. The van der Waals surface area contributed by atoms with Crippen LogP contribution in [-0.4, -0.2) is 23.1 Å². The number of carbonyl (C=O) groups is 1. The van der Waals surface area contributed by atoms with Gasteiger partial charge in [-0.2, -0.15) is 4.79 Å². The molecule has 0 amide bonds. The van der Waals surface area contributed by atoms with Crippen molar-refractivity contribution in [2.75, 3.05) is 6.61 Å². The Bertz CT molecular complexity index is 535. The van der Waals surface area contributed by atoms with Crippen LogP contribution in [0.5, 0.6) is 0 Å². The standard InChI is InChI=1S/C15H16N2O2/c1-12(2)10-11-19-15(18)14(17-16)9-8-13-6-4-3-5-7-13/h3-10H,11H2,1-2H3/b9-8+. The Hall–Kier alpha value is -2.45. The summed E-state index contributed by atoms with van der Waals surface area (Å²) in [6, 6.07) is 9.40. The van der Waals surface area contributed by atoms with Crippen LogP contribution in [0.3, 0.4) is 0 Å². The average Bonchev–Trinajstić information content (AvgIpc) is 2.40. The lowest BCUT2D eigenvalue weighted by atomic mass is 10.2. The van der Waals surface area contributed by atoms with E-state index in [1.807, 2.05) is 44.2 Å². The Morgan fingerprint density at radius 3 is 2.58 bits per heavy atom.